The van der Waals surface area contributed by atoms with E-state index in [-0.39, 0.29) is 18.4 Å². The minimum atomic E-state index is 0.0699. The molecule has 140 valence electrons. The van der Waals surface area contributed by atoms with Crippen molar-refractivity contribution in [2.75, 3.05) is 27.4 Å². The summed E-state index contributed by atoms with van der Waals surface area (Å²) in [5, 5.41) is 2.04. The molecule has 1 fully saturated rings. The lowest BCUT2D eigenvalue weighted by Gasteiger charge is -2.25. The first-order chi connectivity index (χ1) is 12.7. The number of amides is 1. The first kappa shape index (κ1) is 18.7. The summed E-state index contributed by atoms with van der Waals surface area (Å²) in [6.45, 7) is 2.03. The Morgan fingerprint density at radius 2 is 2.19 bits per heavy atom. The largest absolute Gasteiger partial charge is 0.497 e. The van der Waals surface area contributed by atoms with E-state index in [1.165, 1.54) is 4.88 Å². The molecule has 1 aromatic heterocycles. The Labute approximate surface area is 158 Å². The molecule has 0 spiro atoms. The molecule has 1 unspecified atom stereocenters. The van der Waals surface area contributed by atoms with Crippen LogP contribution in [0.1, 0.15) is 23.3 Å². The molecule has 0 aliphatic carbocycles. The fraction of sp³-hybridized carbons (Fsp3) is 0.450. The predicted octanol–water partition coefficient (Wildman–Crippen LogP) is 3.52. The number of benzene rings is 1. The Hall–Kier alpha value is -2.05. The highest BCUT2D eigenvalue weighted by atomic mass is 32.1. The molecule has 0 N–H and O–H groups in total. The Morgan fingerprint density at radius 1 is 1.31 bits per heavy atom. The fourth-order valence-corrected chi connectivity index (χ4v) is 3.89. The lowest BCUT2D eigenvalue weighted by molar-refractivity contribution is -0.132. The summed E-state index contributed by atoms with van der Waals surface area (Å²) in [6.07, 6.45) is 2.48. The maximum Gasteiger partial charge on any atom is 0.227 e. The Bertz CT molecular complexity index is 711. The lowest BCUT2D eigenvalue weighted by atomic mass is 10.1. The number of hydrogen-bond donors (Lipinski definition) is 0. The van der Waals surface area contributed by atoms with Gasteiger partial charge in [0, 0.05) is 23.6 Å². The number of thiophene rings is 1. The average Bonchev–Trinajstić information content (AvgIpc) is 3.35. The van der Waals surface area contributed by atoms with Gasteiger partial charge in [0.1, 0.15) is 11.5 Å². The summed E-state index contributed by atoms with van der Waals surface area (Å²) in [5.41, 5.74) is 0.834. The maximum absolute atomic E-state index is 13.1. The number of carbonyl (C=O) groups excluding carboxylic acids is 1. The van der Waals surface area contributed by atoms with Gasteiger partial charge in [0.25, 0.3) is 0 Å². The van der Waals surface area contributed by atoms with Gasteiger partial charge < -0.3 is 19.1 Å². The second-order valence-corrected chi connectivity index (χ2v) is 7.38. The SMILES string of the molecule is COc1ccc(OC)c(CC(=O)N(Cc2cccs2)CC2CCCO2)c1. The quantitative estimate of drug-likeness (QED) is 0.708. The molecule has 1 saturated heterocycles. The van der Waals surface area contributed by atoms with E-state index < -0.39 is 0 Å². The average molecular weight is 375 g/mol. The van der Waals surface area contributed by atoms with E-state index >= 15 is 0 Å². The van der Waals surface area contributed by atoms with E-state index in [4.69, 9.17) is 14.2 Å². The van der Waals surface area contributed by atoms with Crippen molar-refractivity contribution >= 4 is 17.2 Å². The van der Waals surface area contributed by atoms with E-state index in [0.717, 1.165) is 30.8 Å². The van der Waals surface area contributed by atoms with Gasteiger partial charge in [0.2, 0.25) is 5.91 Å². The van der Waals surface area contributed by atoms with Gasteiger partial charge in [-0.2, -0.15) is 0 Å². The normalized spacial score (nSPS) is 16.5. The maximum atomic E-state index is 13.1. The van der Waals surface area contributed by atoms with Crippen LogP contribution in [-0.4, -0.2) is 44.3 Å². The van der Waals surface area contributed by atoms with Gasteiger partial charge >= 0.3 is 0 Å². The minimum Gasteiger partial charge on any atom is -0.497 e. The van der Waals surface area contributed by atoms with Crippen molar-refractivity contribution in [3.05, 3.63) is 46.2 Å². The summed E-state index contributed by atoms with van der Waals surface area (Å²) >= 11 is 1.67. The molecular weight excluding hydrogens is 350 g/mol. The zero-order valence-corrected chi connectivity index (χ0v) is 16.1. The zero-order chi connectivity index (χ0) is 18.4. The molecule has 1 amide bonds. The van der Waals surface area contributed by atoms with Crippen LogP contribution in [0.3, 0.4) is 0 Å². The molecule has 0 radical (unpaired) electrons. The number of carbonyl (C=O) groups is 1. The number of rotatable bonds is 8. The van der Waals surface area contributed by atoms with Gasteiger partial charge in [-0.1, -0.05) is 6.07 Å². The third-order valence-electron chi connectivity index (χ3n) is 4.56. The van der Waals surface area contributed by atoms with Crippen LogP contribution in [0.25, 0.3) is 0 Å². The van der Waals surface area contributed by atoms with Crippen LogP contribution in [0, 0.1) is 0 Å². The molecule has 1 atom stereocenters. The van der Waals surface area contributed by atoms with Crippen LogP contribution >= 0.6 is 11.3 Å². The van der Waals surface area contributed by atoms with Gasteiger partial charge in [-0.05, 0) is 42.5 Å². The third kappa shape index (κ3) is 4.77. The predicted molar refractivity (Wildman–Crippen MR) is 102 cm³/mol. The van der Waals surface area contributed by atoms with E-state index in [2.05, 4.69) is 6.07 Å². The van der Waals surface area contributed by atoms with Crippen molar-refractivity contribution in [1.29, 1.82) is 0 Å². The summed E-state index contributed by atoms with van der Waals surface area (Å²) < 4.78 is 16.5. The molecular formula is C20H25NO4S. The van der Waals surface area contributed by atoms with Gasteiger partial charge in [-0.15, -0.1) is 11.3 Å². The molecule has 2 heterocycles. The van der Waals surface area contributed by atoms with Crippen LogP contribution in [0.4, 0.5) is 0 Å². The molecule has 1 aliphatic heterocycles. The molecule has 5 nitrogen and oxygen atoms in total. The fourth-order valence-electron chi connectivity index (χ4n) is 3.17. The number of methoxy groups -OCH3 is 2. The summed E-state index contributed by atoms with van der Waals surface area (Å²) in [7, 11) is 3.24. The molecule has 2 aromatic rings. The van der Waals surface area contributed by atoms with E-state index in [1.807, 2.05) is 34.5 Å². The highest BCUT2D eigenvalue weighted by molar-refractivity contribution is 7.09. The van der Waals surface area contributed by atoms with Gasteiger partial charge in [0.05, 0.1) is 33.3 Å². The topological polar surface area (TPSA) is 48.0 Å². The molecule has 6 heteroatoms. The van der Waals surface area contributed by atoms with Crippen molar-refractivity contribution < 1.29 is 19.0 Å². The highest BCUT2D eigenvalue weighted by Gasteiger charge is 2.24. The number of nitrogens with zero attached hydrogens (tertiary/aromatic N) is 1. The second-order valence-electron chi connectivity index (χ2n) is 6.34. The smallest absolute Gasteiger partial charge is 0.227 e. The monoisotopic (exact) mass is 375 g/mol. The lowest BCUT2D eigenvalue weighted by Crippen LogP contribution is -2.37. The van der Waals surface area contributed by atoms with Gasteiger partial charge in [0.15, 0.2) is 0 Å². The zero-order valence-electron chi connectivity index (χ0n) is 15.3. The van der Waals surface area contributed by atoms with E-state index in [1.54, 1.807) is 25.6 Å². The highest BCUT2D eigenvalue weighted by Crippen LogP contribution is 2.26. The van der Waals surface area contributed by atoms with Crippen LogP contribution in [0.5, 0.6) is 11.5 Å². The number of ether oxygens (including phenoxy) is 3. The van der Waals surface area contributed by atoms with Crippen molar-refractivity contribution in [3.63, 3.8) is 0 Å². The molecule has 26 heavy (non-hydrogen) atoms. The molecule has 0 bridgehead atoms. The van der Waals surface area contributed by atoms with Crippen LogP contribution in [0.15, 0.2) is 35.7 Å². The molecule has 3 rings (SSSR count). The third-order valence-corrected chi connectivity index (χ3v) is 5.42. The van der Waals surface area contributed by atoms with Gasteiger partial charge in [-0.3, -0.25) is 4.79 Å². The van der Waals surface area contributed by atoms with Crippen LogP contribution in [-0.2, 0) is 22.5 Å². The number of hydrogen-bond acceptors (Lipinski definition) is 5. The Kier molecular flexibility index (Phi) is 6.52. The Balaban J connectivity index is 1.75. The first-order valence-electron chi connectivity index (χ1n) is 8.82. The van der Waals surface area contributed by atoms with Crippen LogP contribution in [0.2, 0.25) is 0 Å². The molecule has 0 saturated carbocycles. The summed E-state index contributed by atoms with van der Waals surface area (Å²) in [6, 6.07) is 9.62. The Morgan fingerprint density at radius 3 is 2.85 bits per heavy atom. The minimum absolute atomic E-state index is 0.0699. The van der Waals surface area contributed by atoms with Crippen molar-refractivity contribution in [2.45, 2.75) is 31.9 Å². The van der Waals surface area contributed by atoms with Crippen molar-refractivity contribution in [3.8, 4) is 11.5 Å². The van der Waals surface area contributed by atoms with Crippen molar-refractivity contribution in [2.24, 2.45) is 0 Å². The summed E-state index contributed by atoms with van der Waals surface area (Å²) in [4.78, 5) is 16.2. The summed E-state index contributed by atoms with van der Waals surface area (Å²) in [5.74, 6) is 1.49. The standard InChI is InChI=1S/C20H25NO4S/c1-23-16-7-8-19(24-2)15(11-16)12-20(22)21(13-17-5-3-9-25-17)14-18-6-4-10-26-18/h4,6-8,10-11,17H,3,5,9,12-14H2,1-2H3. The van der Waals surface area contributed by atoms with E-state index in [9.17, 15) is 4.79 Å². The first-order valence-corrected chi connectivity index (χ1v) is 9.70. The van der Waals surface area contributed by atoms with Crippen molar-refractivity contribution in [1.82, 2.24) is 4.90 Å². The molecule has 1 aliphatic rings. The second kappa shape index (κ2) is 9.05. The molecule has 1 aromatic carbocycles. The van der Waals surface area contributed by atoms with Crippen LogP contribution < -0.4 is 9.47 Å². The van der Waals surface area contributed by atoms with Gasteiger partial charge in [-0.25, -0.2) is 0 Å². The van der Waals surface area contributed by atoms with E-state index in [0.29, 0.717) is 18.8 Å².